The number of rotatable bonds is 4. The van der Waals surface area contributed by atoms with Crippen molar-refractivity contribution in [1.82, 2.24) is 30.8 Å². The van der Waals surface area contributed by atoms with Crippen LogP contribution in [0.3, 0.4) is 0 Å². The van der Waals surface area contributed by atoms with Crippen molar-refractivity contribution in [2.24, 2.45) is 0 Å². The Balaban J connectivity index is 1.38. The SMILES string of the molecule is CC1(C)CC(NC(=O)Nc2ccc(-c3nnnn3C3CC3)cc2)CC(C)(C)N1. The first-order chi connectivity index (χ1) is 13.2. The van der Waals surface area contributed by atoms with E-state index in [9.17, 15) is 4.79 Å². The van der Waals surface area contributed by atoms with Crippen molar-refractivity contribution >= 4 is 11.7 Å². The molecule has 1 aliphatic heterocycles. The van der Waals surface area contributed by atoms with Gasteiger partial charge in [0.2, 0.25) is 0 Å². The van der Waals surface area contributed by atoms with Crippen molar-refractivity contribution in [3.63, 3.8) is 0 Å². The molecule has 1 aliphatic carbocycles. The molecule has 2 aliphatic rings. The van der Waals surface area contributed by atoms with E-state index < -0.39 is 0 Å². The van der Waals surface area contributed by atoms with Crippen molar-refractivity contribution in [3.05, 3.63) is 24.3 Å². The van der Waals surface area contributed by atoms with Crippen molar-refractivity contribution in [1.29, 1.82) is 0 Å². The minimum absolute atomic E-state index is 0.00706. The van der Waals surface area contributed by atoms with E-state index in [1.54, 1.807) is 0 Å². The van der Waals surface area contributed by atoms with Gasteiger partial charge < -0.3 is 16.0 Å². The van der Waals surface area contributed by atoms with Crippen LogP contribution in [0, 0.1) is 0 Å². The number of hydrogen-bond donors (Lipinski definition) is 3. The molecule has 28 heavy (non-hydrogen) atoms. The van der Waals surface area contributed by atoms with E-state index in [-0.39, 0.29) is 23.2 Å². The Kier molecular flexibility index (Phi) is 4.61. The monoisotopic (exact) mass is 383 g/mol. The van der Waals surface area contributed by atoms with Crippen molar-refractivity contribution in [2.45, 2.75) is 76.5 Å². The van der Waals surface area contributed by atoms with Gasteiger partial charge in [-0.3, -0.25) is 0 Å². The average Bonchev–Trinajstić information content (AvgIpc) is 3.29. The molecule has 3 N–H and O–H groups in total. The number of aromatic nitrogens is 4. The lowest BCUT2D eigenvalue weighted by molar-refractivity contribution is 0.149. The third-order valence-corrected chi connectivity index (χ3v) is 5.31. The average molecular weight is 384 g/mol. The number of amides is 2. The van der Waals surface area contributed by atoms with Gasteiger partial charge in [0.15, 0.2) is 5.82 Å². The molecule has 2 fully saturated rings. The van der Waals surface area contributed by atoms with Crippen LogP contribution in [0.5, 0.6) is 0 Å². The van der Waals surface area contributed by atoms with Gasteiger partial charge in [0.1, 0.15) is 0 Å². The van der Waals surface area contributed by atoms with Gasteiger partial charge in [-0.2, -0.15) is 0 Å². The normalized spacial score (nSPS) is 21.3. The fourth-order valence-corrected chi connectivity index (χ4v) is 4.43. The lowest BCUT2D eigenvalue weighted by Gasteiger charge is -2.46. The van der Waals surface area contributed by atoms with E-state index in [1.807, 2.05) is 28.9 Å². The maximum atomic E-state index is 12.5. The van der Waals surface area contributed by atoms with E-state index in [0.29, 0.717) is 6.04 Å². The van der Waals surface area contributed by atoms with Gasteiger partial charge in [-0.1, -0.05) is 0 Å². The molecule has 150 valence electrons. The number of nitrogens with one attached hydrogen (secondary N) is 3. The maximum Gasteiger partial charge on any atom is 0.319 e. The van der Waals surface area contributed by atoms with Crippen LogP contribution in [0.1, 0.15) is 59.4 Å². The second-order valence-electron chi connectivity index (χ2n) is 9.35. The first-order valence-electron chi connectivity index (χ1n) is 9.96. The number of benzene rings is 1. The van der Waals surface area contributed by atoms with Gasteiger partial charge in [0.05, 0.1) is 6.04 Å². The van der Waals surface area contributed by atoms with Gasteiger partial charge in [-0.05, 0) is 88.1 Å². The zero-order valence-corrected chi connectivity index (χ0v) is 17.0. The highest BCUT2D eigenvalue weighted by molar-refractivity contribution is 5.89. The molecule has 1 saturated carbocycles. The second-order valence-corrected chi connectivity index (χ2v) is 9.35. The molecule has 8 nitrogen and oxygen atoms in total. The van der Waals surface area contributed by atoms with Crippen LogP contribution in [0.4, 0.5) is 10.5 Å². The molecule has 0 radical (unpaired) electrons. The van der Waals surface area contributed by atoms with Gasteiger partial charge >= 0.3 is 6.03 Å². The summed E-state index contributed by atoms with van der Waals surface area (Å²) in [6.07, 6.45) is 4.05. The Morgan fingerprint density at radius 3 is 2.36 bits per heavy atom. The fraction of sp³-hybridized carbons (Fsp3) is 0.600. The molecule has 0 bridgehead atoms. The highest BCUT2D eigenvalue weighted by atomic mass is 16.2. The highest BCUT2D eigenvalue weighted by Crippen LogP contribution is 2.36. The molecule has 0 unspecified atom stereocenters. The third-order valence-electron chi connectivity index (χ3n) is 5.31. The number of carbonyl (C=O) groups is 1. The molecular weight excluding hydrogens is 354 g/mol. The Bertz CT molecular complexity index is 836. The minimum Gasteiger partial charge on any atom is -0.335 e. The van der Waals surface area contributed by atoms with E-state index in [1.165, 1.54) is 0 Å². The molecule has 1 aromatic heterocycles. The summed E-state index contributed by atoms with van der Waals surface area (Å²) >= 11 is 0. The second kappa shape index (κ2) is 6.84. The molecule has 1 saturated heterocycles. The maximum absolute atomic E-state index is 12.5. The zero-order valence-electron chi connectivity index (χ0n) is 17.0. The van der Waals surface area contributed by atoms with Gasteiger partial charge in [0.25, 0.3) is 0 Å². The van der Waals surface area contributed by atoms with E-state index in [2.05, 4.69) is 59.2 Å². The summed E-state index contributed by atoms with van der Waals surface area (Å²) in [5.74, 6) is 0.776. The minimum atomic E-state index is -0.172. The van der Waals surface area contributed by atoms with Crippen LogP contribution in [-0.2, 0) is 0 Å². The zero-order chi connectivity index (χ0) is 19.9. The summed E-state index contributed by atoms with van der Waals surface area (Å²) < 4.78 is 1.88. The largest absolute Gasteiger partial charge is 0.335 e. The van der Waals surface area contributed by atoms with Crippen LogP contribution >= 0.6 is 0 Å². The van der Waals surface area contributed by atoms with E-state index in [0.717, 1.165) is 42.8 Å². The first kappa shape index (κ1) is 18.9. The van der Waals surface area contributed by atoms with Crippen molar-refractivity contribution in [2.75, 3.05) is 5.32 Å². The standard InChI is InChI=1S/C20H29N7O/c1-19(2)11-15(12-20(3,4)24-19)22-18(28)21-14-7-5-13(6-8-14)17-23-25-26-27(17)16-9-10-16/h5-8,15-16,24H,9-12H2,1-4H3,(H2,21,22,28). The lowest BCUT2D eigenvalue weighted by atomic mass is 9.80. The van der Waals surface area contributed by atoms with E-state index >= 15 is 0 Å². The Hall–Kier alpha value is -2.48. The Morgan fingerprint density at radius 2 is 1.75 bits per heavy atom. The van der Waals surface area contributed by atoms with Gasteiger partial charge in [-0.15, -0.1) is 5.10 Å². The molecule has 8 heteroatoms. The summed E-state index contributed by atoms with van der Waals surface area (Å²) in [4.78, 5) is 12.5. The molecule has 0 spiro atoms. The summed E-state index contributed by atoms with van der Waals surface area (Å²) in [6, 6.07) is 8.04. The summed E-state index contributed by atoms with van der Waals surface area (Å²) in [5.41, 5.74) is 1.68. The quantitative estimate of drug-likeness (QED) is 0.754. The molecule has 2 aromatic rings. The van der Waals surface area contributed by atoms with Crippen LogP contribution in [0.2, 0.25) is 0 Å². The third kappa shape index (κ3) is 4.32. The fourth-order valence-electron chi connectivity index (χ4n) is 4.43. The molecule has 2 heterocycles. The topological polar surface area (TPSA) is 96.8 Å². The molecular formula is C20H29N7O. The Labute approximate surface area is 165 Å². The van der Waals surface area contributed by atoms with Crippen molar-refractivity contribution < 1.29 is 4.79 Å². The number of hydrogen-bond acceptors (Lipinski definition) is 5. The van der Waals surface area contributed by atoms with Gasteiger partial charge in [0, 0.05) is 28.4 Å². The molecule has 4 rings (SSSR count). The Morgan fingerprint density at radius 1 is 1.11 bits per heavy atom. The summed E-state index contributed by atoms with van der Waals surface area (Å²) in [6.45, 7) is 8.70. The molecule has 1 aromatic carbocycles. The predicted octanol–water partition coefficient (Wildman–Crippen LogP) is 3.11. The number of nitrogens with zero attached hydrogens (tertiary/aromatic N) is 4. The lowest BCUT2D eigenvalue weighted by Crippen LogP contribution is -2.62. The molecule has 0 atom stereocenters. The van der Waals surface area contributed by atoms with Crippen molar-refractivity contribution in [3.8, 4) is 11.4 Å². The highest BCUT2D eigenvalue weighted by Gasteiger charge is 2.38. The predicted molar refractivity (Wildman–Crippen MR) is 108 cm³/mol. The smallest absolute Gasteiger partial charge is 0.319 e. The number of carbonyl (C=O) groups excluding carboxylic acids is 1. The summed E-state index contributed by atoms with van der Waals surface area (Å²) in [7, 11) is 0. The molecule has 2 amide bonds. The number of tetrazole rings is 1. The number of urea groups is 1. The van der Waals surface area contributed by atoms with Crippen LogP contribution < -0.4 is 16.0 Å². The van der Waals surface area contributed by atoms with Crippen LogP contribution in [0.15, 0.2) is 24.3 Å². The van der Waals surface area contributed by atoms with Crippen LogP contribution in [0.25, 0.3) is 11.4 Å². The van der Waals surface area contributed by atoms with Gasteiger partial charge in [-0.25, -0.2) is 9.48 Å². The summed E-state index contributed by atoms with van der Waals surface area (Å²) in [5, 5.41) is 21.7. The van der Waals surface area contributed by atoms with Crippen LogP contribution in [-0.4, -0.2) is 43.4 Å². The number of anilines is 1. The van der Waals surface area contributed by atoms with E-state index in [4.69, 9.17) is 0 Å². The number of piperidine rings is 1. The first-order valence-corrected chi connectivity index (χ1v) is 9.96.